The zero-order valence-corrected chi connectivity index (χ0v) is 4.66. The molecule has 0 saturated heterocycles. The van der Waals surface area contributed by atoms with Crippen molar-refractivity contribution in [3.05, 3.63) is 12.7 Å². The van der Waals surface area contributed by atoms with Gasteiger partial charge in [-0.3, -0.25) is 4.72 Å². The number of nitrogens with one attached hydrogen (secondary N) is 1. The molecule has 0 bridgehead atoms. The molecule has 0 aromatic heterocycles. The van der Waals surface area contributed by atoms with Crippen molar-refractivity contribution in [1.29, 1.82) is 5.26 Å². The van der Waals surface area contributed by atoms with E-state index in [0.29, 0.717) is 0 Å². The van der Waals surface area contributed by atoms with Crippen LogP contribution in [0.5, 0.6) is 0 Å². The summed E-state index contributed by atoms with van der Waals surface area (Å²) < 4.78 is 2.40. The molecule has 0 radical (unpaired) electrons. The van der Waals surface area contributed by atoms with E-state index in [9.17, 15) is 0 Å². The first kappa shape index (κ1) is 6.38. The van der Waals surface area contributed by atoms with E-state index in [1.807, 2.05) is 0 Å². The minimum absolute atomic E-state index is 0.771. The van der Waals surface area contributed by atoms with Crippen LogP contribution in [0.3, 0.4) is 0 Å². The SMILES string of the molecule is C=CCSNC#N. The zero-order chi connectivity index (χ0) is 5.54. The molecule has 0 amide bonds. The molecule has 0 fully saturated rings. The summed E-state index contributed by atoms with van der Waals surface area (Å²) in [5.41, 5.74) is 0. The van der Waals surface area contributed by atoms with Gasteiger partial charge < -0.3 is 0 Å². The summed E-state index contributed by atoms with van der Waals surface area (Å²) in [4.78, 5) is 0. The highest BCUT2D eigenvalue weighted by molar-refractivity contribution is 7.97. The second kappa shape index (κ2) is 5.38. The molecule has 0 atom stereocenters. The molecular formula is C4H6N2S. The van der Waals surface area contributed by atoms with Gasteiger partial charge in [0.15, 0.2) is 6.19 Å². The minimum Gasteiger partial charge on any atom is -0.266 e. The van der Waals surface area contributed by atoms with Crippen molar-refractivity contribution in [2.75, 3.05) is 5.75 Å². The van der Waals surface area contributed by atoms with Crippen LogP contribution in [-0.2, 0) is 0 Å². The summed E-state index contributed by atoms with van der Waals surface area (Å²) in [5.74, 6) is 0.771. The molecule has 1 N–H and O–H groups in total. The van der Waals surface area contributed by atoms with Crippen LogP contribution in [0.2, 0.25) is 0 Å². The number of hydrogen-bond donors (Lipinski definition) is 1. The van der Waals surface area contributed by atoms with Crippen LogP contribution in [0, 0.1) is 11.5 Å². The average molecular weight is 114 g/mol. The van der Waals surface area contributed by atoms with Crippen molar-refractivity contribution in [2.45, 2.75) is 0 Å². The topological polar surface area (TPSA) is 35.8 Å². The van der Waals surface area contributed by atoms with E-state index >= 15 is 0 Å². The van der Waals surface area contributed by atoms with Gasteiger partial charge >= 0.3 is 0 Å². The molecule has 0 aliphatic carbocycles. The Morgan fingerprint density at radius 3 is 3.14 bits per heavy atom. The van der Waals surface area contributed by atoms with Gasteiger partial charge in [-0.2, -0.15) is 5.26 Å². The van der Waals surface area contributed by atoms with Gasteiger partial charge in [-0.15, -0.1) is 6.58 Å². The van der Waals surface area contributed by atoms with E-state index in [1.165, 1.54) is 11.9 Å². The third-order valence-corrected chi connectivity index (χ3v) is 0.957. The van der Waals surface area contributed by atoms with Crippen molar-refractivity contribution in [3.63, 3.8) is 0 Å². The Kier molecular flexibility index (Phi) is 4.90. The molecule has 0 aromatic carbocycles. The van der Waals surface area contributed by atoms with E-state index in [1.54, 1.807) is 12.3 Å². The molecule has 0 aliphatic heterocycles. The maximum Gasteiger partial charge on any atom is 0.187 e. The predicted molar refractivity (Wildman–Crippen MR) is 31.4 cm³/mol. The largest absolute Gasteiger partial charge is 0.266 e. The second-order valence-electron chi connectivity index (χ2n) is 0.814. The lowest BCUT2D eigenvalue weighted by Crippen LogP contribution is -1.89. The first-order valence-corrected chi connectivity index (χ1v) is 2.77. The molecule has 0 aromatic rings. The van der Waals surface area contributed by atoms with Gasteiger partial charge in [0, 0.05) is 5.75 Å². The Labute approximate surface area is 47.3 Å². The quantitative estimate of drug-likeness (QED) is 0.194. The maximum absolute atomic E-state index is 7.88. The average Bonchev–Trinajstić information content (AvgIpc) is 1.69. The molecule has 7 heavy (non-hydrogen) atoms. The zero-order valence-electron chi connectivity index (χ0n) is 3.85. The van der Waals surface area contributed by atoms with E-state index in [0.717, 1.165) is 5.75 Å². The Morgan fingerprint density at radius 1 is 2.00 bits per heavy atom. The van der Waals surface area contributed by atoms with Crippen LogP contribution in [0.4, 0.5) is 0 Å². The van der Waals surface area contributed by atoms with E-state index < -0.39 is 0 Å². The van der Waals surface area contributed by atoms with E-state index in [-0.39, 0.29) is 0 Å². The van der Waals surface area contributed by atoms with Crippen LogP contribution >= 0.6 is 11.9 Å². The lowest BCUT2D eigenvalue weighted by atomic mass is 10.8. The highest BCUT2D eigenvalue weighted by atomic mass is 32.2. The van der Waals surface area contributed by atoms with E-state index in [2.05, 4.69) is 11.3 Å². The van der Waals surface area contributed by atoms with Crippen LogP contribution in [-0.4, -0.2) is 5.75 Å². The molecule has 0 saturated carbocycles. The van der Waals surface area contributed by atoms with Crippen LogP contribution < -0.4 is 4.72 Å². The van der Waals surface area contributed by atoms with Gasteiger partial charge in [-0.1, -0.05) is 6.08 Å². The van der Waals surface area contributed by atoms with Gasteiger partial charge in [-0.25, -0.2) is 0 Å². The van der Waals surface area contributed by atoms with Crippen molar-refractivity contribution in [2.24, 2.45) is 0 Å². The Bertz CT molecular complexity index is 84.2. The smallest absolute Gasteiger partial charge is 0.187 e. The van der Waals surface area contributed by atoms with Crippen molar-refractivity contribution in [1.82, 2.24) is 4.72 Å². The number of hydrogen-bond acceptors (Lipinski definition) is 3. The molecular weight excluding hydrogens is 108 g/mol. The van der Waals surface area contributed by atoms with Gasteiger partial charge in [0.2, 0.25) is 0 Å². The molecule has 0 aliphatic rings. The molecule has 38 valence electrons. The highest BCUT2D eigenvalue weighted by Gasteiger charge is 1.73. The molecule has 0 unspecified atom stereocenters. The Morgan fingerprint density at radius 2 is 2.71 bits per heavy atom. The molecule has 3 heteroatoms. The standard InChI is InChI=1S/C4H6N2S/c1-2-3-7-6-4-5/h2,6H,1,3H2. The highest BCUT2D eigenvalue weighted by Crippen LogP contribution is 1.88. The second-order valence-corrected chi connectivity index (χ2v) is 1.64. The van der Waals surface area contributed by atoms with Crippen LogP contribution in [0.1, 0.15) is 0 Å². The summed E-state index contributed by atoms with van der Waals surface area (Å²) in [5, 5.41) is 7.88. The lowest BCUT2D eigenvalue weighted by Gasteiger charge is -1.84. The summed E-state index contributed by atoms with van der Waals surface area (Å²) in [7, 11) is 0. The Balaban J connectivity index is 2.72. The number of nitrogens with zero attached hydrogens (tertiary/aromatic N) is 1. The number of nitriles is 1. The normalized spacial score (nSPS) is 6.71. The molecule has 2 nitrogen and oxygen atoms in total. The molecule has 0 rings (SSSR count). The summed E-state index contributed by atoms with van der Waals surface area (Å²) in [6.07, 6.45) is 3.50. The monoisotopic (exact) mass is 114 g/mol. The number of rotatable bonds is 3. The lowest BCUT2D eigenvalue weighted by molar-refractivity contribution is 1.36. The maximum atomic E-state index is 7.88. The summed E-state index contributed by atoms with van der Waals surface area (Å²) in [6, 6.07) is 0. The fraction of sp³-hybridized carbons (Fsp3) is 0.250. The first-order chi connectivity index (χ1) is 3.41. The fourth-order valence-electron chi connectivity index (χ4n) is 0.133. The van der Waals surface area contributed by atoms with Crippen LogP contribution in [0.25, 0.3) is 0 Å². The van der Waals surface area contributed by atoms with Crippen LogP contribution in [0.15, 0.2) is 12.7 Å². The van der Waals surface area contributed by atoms with Gasteiger partial charge in [0.25, 0.3) is 0 Å². The third-order valence-electron chi connectivity index (χ3n) is 0.319. The third kappa shape index (κ3) is 5.38. The minimum atomic E-state index is 0.771. The summed E-state index contributed by atoms with van der Waals surface area (Å²) in [6.45, 7) is 3.46. The van der Waals surface area contributed by atoms with Crippen molar-refractivity contribution >= 4 is 11.9 Å². The predicted octanol–water partition coefficient (Wildman–Crippen LogP) is 0.891. The molecule has 0 heterocycles. The van der Waals surface area contributed by atoms with E-state index in [4.69, 9.17) is 5.26 Å². The summed E-state index contributed by atoms with van der Waals surface area (Å²) >= 11 is 1.32. The van der Waals surface area contributed by atoms with Gasteiger partial charge in [0.05, 0.1) is 0 Å². The Hall–Kier alpha value is -0.620. The van der Waals surface area contributed by atoms with Gasteiger partial charge in [-0.05, 0) is 11.9 Å². The van der Waals surface area contributed by atoms with Crippen molar-refractivity contribution in [3.8, 4) is 6.19 Å². The molecule has 0 spiro atoms. The fourth-order valence-corrected chi connectivity index (χ4v) is 0.399. The first-order valence-electron chi connectivity index (χ1n) is 1.78. The van der Waals surface area contributed by atoms with Gasteiger partial charge in [0.1, 0.15) is 0 Å². The van der Waals surface area contributed by atoms with Crippen molar-refractivity contribution < 1.29 is 0 Å².